The van der Waals surface area contributed by atoms with Crippen LogP contribution in [0.1, 0.15) is 28.8 Å². The number of carbonyl (C=O) groups is 1. The van der Waals surface area contributed by atoms with Gasteiger partial charge in [0.05, 0.1) is 0 Å². The molecule has 5 heteroatoms. The van der Waals surface area contributed by atoms with Gasteiger partial charge in [0, 0.05) is 11.3 Å². The van der Waals surface area contributed by atoms with Crippen LogP contribution in [0.25, 0.3) is 0 Å². The zero-order valence-electron chi connectivity index (χ0n) is 8.29. The third kappa shape index (κ3) is 2.52. The van der Waals surface area contributed by atoms with Gasteiger partial charge in [0.1, 0.15) is 5.76 Å². The van der Waals surface area contributed by atoms with E-state index in [-0.39, 0.29) is 11.7 Å². The number of carbonyl (C=O) groups excluding carboxylic acids is 1. The molecule has 1 aromatic rings. The van der Waals surface area contributed by atoms with Crippen LogP contribution in [-0.4, -0.2) is 11.7 Å². The van der Waals surface area contributed by atoms with Crippen LogP contribution in [0.4, 0.5) is 0 Å². The Balaban J connectivity index is 2.76. The molecular weight excluding hydrogens is 200 g/mol. The van der Waals surface area contributed by atoms with E-state index in [1.807, 2.05) is 12.3 Å². The van der Waals surface area contributed by atoms with E-state index >= 15 is 0 Å². The van der Waals surface area contributed by atoms with Gasteiger partial charge >= 0.3 is 5.91 Å². The molecule has 0 spiro atoms. The lowest BCUT2D eigenvalue weighted by molar-refractivity contribution is 0.0924. The fourth-order valence-electron chi connectivity index (χ4n) is 1.06. The summed E-state index contributed by atoms with van der Waals surface area (Å²) in [7, 11) is 0. The second-order valence-electron chi connectivity index (χ2n) is 2.80. The molecular formula is C9H14N2O2S. The predicted molar refractivity (Wildman–Crippen MR) is 56.9 cm³/mol. The normalized spacial score (nSPS) is 10.2. The monoisotopic (exact) mass is 214 g/mol. The molecule has 1 heterocycles. The Labute approximate surface area is 87.2 Å². The molecule has 1 aromatic heterocycles. The fraction of sp³-hybridized carbons (Fsp3) is 0.444. The number of nitrogen functional groups attached to an aromatic ring is 1. The van der Waals surface area contributed by atoms with Gasteiger partial charge in [0.25, 0.3) is 0 Å². The van der Waals surface area contributed by atoms with Gasteiger partial charge in [-0.05, 0) is 18.7 Å². The van der Waals surface area contributed by atoms with Crippen molar-refractivity contribution in [2.75, 3.05) is 5.75 Å². The van der Waals surface area contributed by atoms with Crippen LogP contribution in [0.3, 0.4) is 0 Å². The highest BCUT2D eigenvalue weighted by Gasteiger charge is 2.12. The minimum atomic E-state index is -0.388. The van der Waals surface area contributed by atoms with Crippen LogP contribution in [0.15, 0.2) is 10.5 Å². The lowest BCUT2D eigenvalue weighted by atomic mass is 10.3. The van der Waals surface area contributed by atoms with E-state index in [4.69, 9.17) is 10.3 Å². The molecule has 0 bridgehead atoms. The van der Waals surface area contributed by atoms with Crippen molar-refractivity contribution in [3.8, 4) is 0 Å². The van der Waals surface area contributed by atoms with Crippen molar-refractivity contribution >= 4 is 17.7 Å². The molecule has 1 rings (SSSR count). The maximum atomic E-state index is 11.1. The van der Waals surface area contributed by atoms with Crippen LogP contribution in [0.2, 0.25) is 0 Å². The van der Waals surface area contributed by atoms with Gasteiger partial charge in [0.2, 0.25) is 0 Å². The quantitative estimate of drug-likeness (QED) is 0.452. The largest absolute Gasteiger partial charge is 0.456 e. The summed E-state index contributed by atoms with van der Waals surface area (Å²) in [6.45, 7) is 3.94. The van der Waals surface area contributed by atoms with E-state index in [1.54, 1.807) is 17.8 Å². The fourth-order valence-corrected chi connectivity index (χ4v) is 1.77. The molecule has 1 amide bonds. The number of hydrazine groups is 1. The summed E-state index contributed by atoms with van der Waals surface area (Å²) in [4.78, 5) is 11.1. The molecule has 0 aliphatic carbocycles. The second-order valence-corrected chi connectivity index (χ2v) is 4.08. The summed E-state index contributed by atoms with van der Waals surface area (Å²) in [5.74, 6) is 7.58. The number of thioether (sulfide) groups is 1. The van der Waals surface area contributed by atoms with Gasteiger partial charge in [-0.15, -0.1) is 0 Å². The number of nitrogens with two attached hydrogens (primary N) is 1. The van der Waals surface area contributed by atoms with Gasteiger partial charge < -0.3 is 4.42 Å². The lowest BCUT2D eigenvalue weighted by Crippen LogP contribution is -2.29. The molecule has 0 aliphatic rings. The van der Waals surface area contributed by atoms with Crippen molar-refractivity contribution in [3.63, 3.8) is 0 Å². The Hall–Kier alpha value is -0.940. The number of nitrogens with one attached hydrogen (secondary N) is 1. The maximum absolute atomic E-state index is 11.1. The molecule has 0 fully saturated rings. The Morgan fingerprint density at radius 1 is 1.71 bits per heavy atom. The highest BCUT2D eigenvalue weighted by Crippen LogP contribution is 2.19. The zero-order valence-corrected chi connectivity index (χ0v) is 9.11. The van der Waals surface area contributed by atoms with Crippen molar-refractivity contribution in [3.05, 3.63) is 23.2 Å². The average molecular weight is 214 g/mol. The van der Waals surface area contributed by atoms with E-state index in [0.717, 1.165) is 22.8 Å². The van der Waals surface area contributed by atoms with Gasteiger partial charge in [-0.3, -0.25) is 10.2 Å². The SMILES string of the molecule is CCSCc1cc(C(=O)NN)oc1C. The third-order valence-corrected chi connectivity index (χ3v) is 2.76. The standard InChI is InChI=1S/C9H14N2O2S/c1-3-14-5-7-4-8(9(12)11-10)13-6(7)2/h4H,3,5,10H2,1-2H3,(H,11,12). The Morgan fingerprint density at radius 3 is 3.00 bits per heavy atom. The number of aryl methyl sites for hydroxylation is 1. The van der Waals surface area contributed by atoms with Gasteiger partial charge in [-0.2, -0.15) is 11.8 Å². The molecule has 0 unspecified atom stereocenters. The molecule has 0 atom stereocenters. The van der Waals surface area contributed by atoms with Crippen molar-refractivity contribution in [1.82, 2.24) is 5.43 Å². The zero-order chi connectivity index (χ0) is 10.6. The molecule has 0 aliphatic heterocycles. The average Bonchev–Trinajstić information content (AvgIpc) is 2.56. The molecule has 0 aromatic carbocycles. The first kappa shape index (κ1) is 11.1. The van der Waals surface area contributed by atoms with Crippen molar-refractivity contribution in [1.29, 1.82) is 0 Å². The van der Waals surface area contributed by atoms with Gasteiger partial charge in [0.15, 0.2) is 5.76 Å². The van der Waals surface area contributed by atoms with E-state index in [0.29, 0.717) is 0 Å². The first-order chi connectivity index (χ1) is 6.69. The minimum absolute atomic E-state index is 0.275. The van der Waals surface area contributed by atoms with Crippen LogP contribution in [0.5, 0.6) is 0 Å². The first-order valence-corrected chi connectivity index (χ1v) is 5.52. The summed E-state index contributed by atoms with van der Waals surface area (Å²) in [5, 5.41) is 0. The summed E-state index contributed by atoms with van der Waals surface area (Å²) in [6.07, 6.45) is 0. The van der Waals surface area contributed by atoms with Gasteiger partial charge in [-0.25, -0.2) is 5.84 Å². The second kappa shape index (κ2) is 5.07. The Morgan fingerprint density at radius 2 is 2.43 bits per heavy atom. The third-order valence-electron chi connectivity index (χ3n) is 1.84. The summed E-state index contributed by atoms with van der Waals surface area (Å²) in [6, 6.07) is 1.74. The topological polar surface area (TPSA) is 68.3 Å². The molecule has 14 heavy (non-hydrogen) atoms. The van der Waals surface area contributed by atoms with Crippen LogP contribution < -0.4 is 11.3 Å². The van der Waals surface area contributed by atoms with E-state index < -0.39 is 0 Å². The molecule has 0 saturated heterocycles. The van der Waals surface area contributed by atoms with Gasteiger partial charge in [-0.1, -0.05) is 6.92 Å². The number of hydrogen-bond donors (Lipinski definition) is 2. The Bertz CT molecular complexity index is 323. The molecule has 0 radical (unpaired) electrons. The van der Waals surface area contributed by atoms with Crippen LogP contribution in [0, 0.1) is 6.92 Å². The van der Waals surface area contributed by atoms with Crippen LogP contribution >= 0.6 is 11.8 Å². The van der Waals surface area contributed by atoms with E-state index in [9.17, 15) is 4.79 Å². The van der Waals surface area contributed by atoms with E-state index in [2.05, 4.69) is 6.92 Å². The number of rotatable bonds is 4. The first-order valence-electron chi connectivity index (χ1n) is 4.37. The highest BCUT2D eigenvalue weighted by molar-refractivity contribution is 7.98. The lowest BCUT2D eigenvalue weighted by Gasteiger charge is -1.94. The van der Waals surface area contributed by atoms with Crippen molar-refractivity contribution < 1.29 is 9.21 Å². The molecule has 78 valence electrons. The smallest absolute Gasteiger partial charge is 0.300 e. The van der Waals surface area contributed by atoms with Crippen molar-refractivity contribution in [2.24, 2.45) is 5.84 Å². The molecule has 3 N–H and O–H groups in total. The number of hydrogen-bond acceptors (Lipinski definition) is 4. The molecule has 4 nitrogen and oxygen atoms in total. The minimum Gasteiger partial charge on any atom is -0.456 e. The number of furan rings is 1. The van der Waals surface area contributed by atoms with E-state index in [1.165, 1.54) is 0 Å². The predicted octanol–water partition coefficient (Wildman–Crippen LogP) is 1.44. The molecule has 0 saturated carbocycles. The highest BCUT2D eigenvalue weighted by atomic mass is 32.2. The summed E-state index contributed by atoms with van der Waals surface area (Å²) in [5.41, 5.74) is 3.09. The Kier molecular flexibility index (Phi) is 4.03. The maximum Gasteiger partial charge on any atom is 0.300 e. The summed E-state index contributed by atoms with van der Waals surface area (Å²) < 4.78 is 5.26. The number of amides is 1. The summed E-state index contributed by atoms with van der Waals surface area (Å²) >= 11 is 1.79. The van der Waals surface area contributed by atoms with Crippen molar-refractivity contribution in [2.45, 2.75) is 19.6 Å². The van der Waals surface area contributed by atoms with Crippen LogP contribution in [-0.2, 0) is 5.75 Å².